The van der Waals surface area contributed by atoms with Crippen molar-refractivity contribution >= 4 is 17.5 Å². The topological polar surface area (TPSA) is 80.7 Å². The fourth-order valence-corrected chi connectivity index (χ4v) is 6.32. The van der Waals surface area contributed by atoms with Crippen molar-refractivity contribution in [2.75, 3.05) is 7.11 Å². The van der Waals surface area contributed by atoms with E-state index < -0.39 is 35.2 Å². The summed E-state index contributed by atoms with van der Waals surface area (Å²) in [6, 6.07) is 0. The molecule has 0 aromatic carbocycles. The molecule has 2 bridgehead atoms. The third kappa shape index (κ3) is 1.62. The molecule has 5 nitrogen and oxygen atoms in total. The summed E-state index contributed by atoms with van der Waals surface area (Å²) in [7, 11) is 1.29. The van der Waals surface area contributed by atoms with Gasteiger partial charge in [-0.1, -0.05) is 26.0 Å². The third-order valence-electron chi connectivity index (χ3n) is 7.28. The first-order valence-electron chi connectivity index (χ1n) is 8.88. The average Bonchev–Trinajstić information content (AvgIpc) is 3.11. The molecule has 9 atom stereocenters. The Morgan fingerprint density at radius 1 is 1.21 bits per heavy atom. The van der Waals surface area contributed by atoms with Crippen LogP contribution in [0.15, 0.2) is 12.2 Å². The molecule has 0 saturated heterocycles. The molecule has 24 heavy (non-hydrogen) atoms. The number of aliphatic hydroxyl groups excluding tert-OH is 1. The zero-order chi connectivity index (χ0) is 17.4. The number of allylic oxidation sites excluding steroid dienone is 2. The molecule has 0 amide bonds. The highest BCUT2D eigenvalue weighted by Gasteiger charge is 2.72. The first-order valence-corrected chi connectivity index (χ1v) is 8.88. The van der Waals surface area contributed by atoms with E-state index in [0.29, 0.717) is 12.8 Å². The summed E-state index contributed by atoms with van der Waals surface area (Å²) in [5, 5.41) is 10.2. The Morgan fingerprint density at radius 2 is 1.92 bits per heavy atom. The van der Waals surface area contributed by atoms with Crippen LogP contribution in [0.25, 0.3) is 0 Å². The van der Waals surface area contributed by atoms with E-state index in [-0.39, 0.29) is 35.2 Å². The number of fused-ring (bicyclic) bond motifs is 6. The molecule has 0 aromatic heterocycles. The Balaban J connectivity index is 1.90. The Labute approximate surface area is 141 Å². The van der Waals surface area contributed by atoms with Crippen molar-refractivity contribution in [3.8, 4) is 0 Å². The lowest BCUT2D eigenvalue weighted by Gasteiger charge is -2.52. The maximum absolute atomic E-state index is 13.6. The molecule has 4 aliphatic rings. The summed E-state index contributed by atoms with van der Waals surface area (Å²) >= 11 is 0. The van der Waals surface area contributed by atoms with Crippen molar-refractivity contribution in [2.45, 2.75) is 32.8 Å². The lowest BCUT2D eigenvalue weighted by molar-refractivity contribution is -0.182. The first-order chi connectivity index (χ1) is 11.4. The molecule has 3 saturated carbocycles. The molecule has 130 valence electrons. The van der Waals surface area contributed by atoms with Crippen LogP contribution in [0.4, 0.5) is 0 Å². The number of ether oxygens (including phenoxy) is 1. The van der Waals surface area contributed by atoms with Crippen LogP contribution in [0, 0.1) is 46.8 Å². The van der Waals surface area contributed by atoms with Crippen molar-refractivity contribution < 1.29 is 24.2 Å². The number of methoxy groups -OCH3 is 1. The van der Waals surface area contributed by atoms with Gasteiger partial charge in [-0.2, -0.15) is 0 Å². The van der Waals surface area contributed by atoms with Gasteiger partial charge in [0.2, 0.25) is 0 Å². The monoisotopic (exact) mass is 332 g/mol. The number of carbonyl (C=O) groups excluding carboxylic acids is 3. The van der Waals surface area contributed by atoms with Crippen LogP contribution in [-0.4, -0.2) is 35.9 Å². The molecule has 0 aliphatic heterocycles. The normalized spacial score (nSPS) is 52.2. The van der Waals surface area contributed by atoms with Crippen LogP contribution in [0.3, 0.4) is 0 Å². The van der Waals surface area contributed by atoms with Gasteiger partial charge in [-0.05, 0) is 36.5 Å². The van der Waals surface area contributed by atoms with E-state index in [1.807, 2.05) is 26.0 Å². The van der Waals surface area contributed by atoms with Gasteiger partial charge in [0.05, 0.1) is 13.2 Å². The zero-order valence-corrected chi connectivity index (χ0v) is 14.3. The lowest BCUT2D eigenvalue weighted by Crippen LogP contribution is -2.65. The Morgan fingerprint density at radius 3 is 2.58 bits per heavy atom. The molecule has 4 rings (SSSR count). The SMILES string of the molecule is COC(=O)C12C(=O)C3C4CC(O)C(C4)C3C(=O)C1C(C)C=CC2C. The van der Waals surface area contributed by atoms with Crippen molar-refractivity contribution in [2.24, 2.45) is 46.8 Å². The minimum absolute atomic E-state index is 0.0139. The number of hydrogen-bond acceptors (Lipinski definition) is 5. The molecule has 0 radical (unpaired) electrons. The largest absolute Gasteiger partial charge is 0.468 e. The first kappa shape index (κ1) is 16.0. The van der Waals surface area contributed by atoms with Gasteiger partial charge in [-0.3, -0.25) is 14.4 Å². The highest BCUT2D eigenvalue weighted by atomic mass is 16.5. The summed E-state index contributed by atoms with van der Waals surface area (Å²) < 4.78 is 5.04. The highest BCUT2D eigenvalue weighted by molar-refractivity contribution is 6.14. The Kier molecular flexibility index (Phi) is 3.34. The van der Waals surface area contributed by atoms with Gasteiger partial charge in [-0.25, -0.2) is 0 Å². The Bertz CT molecular complexity index is 652. The predicted octanol–water partition coefficient (Wildman–Crippen LogP) is 1.39. The smallest absolute Gasteiger partial charge is 0.320 e. The molecular weight excluding hydrogens is 308 g/mol. The zero-order valence-electron chi connectivity index (χ0n) is 14.3. The maximum Gasteiger partial charge on any atom is 0.320 e. The average molecular weight is 332 g/mol. The fourth-order valence-electron chi connectivity index (χ4n) is 6.32. The summed E-state index contributed by atoms with van der Waals surface area (Å²) in [5.41, 5.74) is -1.39. The van der Waals surface area contributed by atoms with E-state index in [9.17, 15) is 19.5 Å². The number of aliphatic hydroxyl groups is 1. The predicted molar refractivity (Wildman–Crippen MR) is 84.6 cm³/mol. The van der Waals surface area contributed by atoms with E-state index in [1.165, 1.54) is 7.11 Å². The molecule has 0 heterocycles. The van der Waals surface area contributed by atoms with E-state index >= 15 is 0 Å². The summed E-state index contributed by atoms with van der Waals surface area (Å²) in [6.07, 6.45) is 4.60. The van der Waals surface area contributed by atoms with Crippen LogP contribution >= 0.6 is 0 Å². The van der Waals surface area contributed by atoms with E-state index in [1.54, 1.807) is 0 Å². The van der Waals surface area contributed by atoms with Crippen LogP contribution in [-0.2, 0) is 19.1 Å². The van der Waals surface area contributed by atoms with Gasteiger partial charge in [0.1, 0.15) is 11.2 Å². The molecule has 3 fully saturated rings. The van der Waals surface area contributed by atoms with Crippen LogP contribution < -0.4 is 0 Å². The highest BCUT2D eigenvalue weighted by Crippen LogP contribution is 2.63. The maximum atomic E-state index is 13.6. The van der Waals surface area contributed by atoms with Crippen molar-refractivity contribution in [3.05, 3.63) is 12.2 Å². The second-order valence-electron chi connectivity index (χ2n) is 8.15. The van der Waals surface area contributed by atoms with Crippen molar-refractivity contribution in [1.29, 1.82) is 0 Å². The minimum atomic E-state index is -1.39. The van der Waals surface area contributed by atoms with Crippen molar-refractivity contribution in [3.63, 3.8) is 0 Å². The molecule has 0 spiro atoms. The van der Waals surface area contributed by atoms with E-state index in [2.05, 4.69) is 0 Å². The molecule has 5 heteroatoms. The van der Waals surface area contributed by atoms with Gasteiger partial charge >= 0.3 is 5.97 Å². The third-order valence-corrected chi connectivity index (χ3v) is 7.28. The van der Waals surface area contributed by atoms with Crippen molar-refractivity contribution in [1.82, 2.24) is 0 Å². The second kappa shape index (κ2) is 5.01. The molecule has 9 unspecified atom stereocenters. The number of Topliss-reactive ketones (excluding diaryl/α,β-unsaturated/α-hetero) is 2. The van der Waals surface area contributed by atoms with Gasteiger partial charge in [0.25, 0.3) is 0 Å². The number of rotatable bonds is 1. The van der Waals surface area contributed by atoms with E-state index in [0.717, 1.165) is 0 Å². The van der Waals surface area contributed by atoms with Crippen LogP contribution in [0.2, 0.25) is 0 Å². The summed E-state index contributed by atoms with van der Waals surface area (Å²) in [5.74, 6) is -2.88. The molecular formula is C19H24O5. The van der Waals surface area contributed by atoms with Crippen LogP contribution in [0.1, 0.15) is 26.7 Å². The van der Waals surface area contributed by atoms with Crippen LogP contribution in [0.5, 0.6) is 0 Å². The number of ketones is 2. The Hall–Kier alpha value is -1.49. The summed E-state index contributed by atoms with van der Waals surface area (Å²) in [6.45, 7) is 3.72. The number of esters is 1. The van der Waals surface area contributed by atoms with Gasteiger partial charge in [0, 0.05) is 17.8 Å². The van der Waals surface area contributed by atoms with Gasteiger partial charge < -0.3 is 9.84 Å². The number of hydrogen-bond donors (Lipinski definition) is 1. The lowest BCUT2D eigenvalue weighted by atomic mass is 9.47. The second-order valence-corrected chi connectivity index (χ2v) is 8.15. The number of carbonyl (C=O) groups is 3. The summed E-state index contributed by atoms with van der Waals surface area (Å²) in [4.78, 5) is 39.8. The van der Waals surface area contributed by atoms with E-state index in [4.69, 9.17) is 4.74 Å². The minimum Gasteiger partial charge on any atom is -0.468 e. The molecule has 0 aromatic rings. The molecule has 1 N–H and O–H groups in total. The van der Waals surface area contributed by atoms with Gasteiger partial charge in [0.15, 0.2) is 5.78 Å². The van der Waals surface area contributed by atoms with Gasteiger partial charge in [-0.15, -0.1) is 0 Å². The fraction of sp³-hybridized carbons (Fsp3) is 0.737. The quantitative estimate of drug-likeness (QED) is 0.446. The standard InChI is InChI=1S/C19H24O5/c1-8-4-5-9(2)19(18(23)24-3)15(8)16(21)14-11-6-10(7-12(11)20)13(14)17(19)22/h4-5,8-15,20H,6-7H2,1-3H3. The molecule has 4 aliphatic carbocycles.